The highest BCUT2D eigenvalue weighted by Crippen LogP contribution is 2.07. The Bertz CT molecular complexity index is 59.8. The Balaban J connectivity index is 3.22. The molecular formula is C3H4Br2S. The first kappa shape index (κ1) is 7.05. The Hall–Kier alpha value is 1.05. The Labute approximate surface area is 59.7 Å². The molecule has 0 aromatic heterocycles. The molecule has 6 heavy (non-hydrogen) atoms. The minimum absolute atomic E-state index is 0.755. The second kappa shape index (κ2) is 4.22. The molecule has 0 aliphatic carbocycles. The first-order valence-electron chi connectivity index (χ1n) is 1.37. The van der Waals surface area contributed by atoms with E-state index in [1.165, 1.54) is 0 Å². The second-order valence-electron chi connectivity index (χ2n) is 0.714. The van der Waals surface area contributed by atoms with Gasteiger partial charge in [-0.05, 0) is 4.99 Å². The normalized spacial score (nSPS) is 12.2. The Morgan fingerprint density at radius 1 is 1.83 bits per heavy atom. The summed E-state index contributed by atoms with van der Waals surface area (Å²) in [6, 6.07) is 0. The number of rotatable bonds is 1. The smallest absolute Gasteiger partial charge is 0.0225 e. The maximum absolute atomic E-state index is 3.95. The van der Waals surface area contributed by atoms with Crippen LogP contribution in [0.2, 0.25) is 0 Å². The van der Waals surface area contributed by atoms with Crippen LogP contribution in [0.1, 0.15) is 0 Å². The predicted molar refractivity (Wildman–Crippen MR) is 39.8 cm³/mol. The van der Waals surface area contributed by atoms with Crippen molar-refractivity contribution in [3.63, 3.8) is 0 Å². The van der Waals surface area contributed by atoms with E-state index in [-0.39, 0.29) is 0 Å². The molecule has 0 saturated heterocycles. The highest BCUT2D eigenvalue weighted by molar-refractivity contribution is 9.14. The topological polar surface area (TPSA) is 0 Å². The average Bonchev–Trinajstić information content (AvgIpc) is 1.65. The fourth-order valence-corrected chi connectivity index (χ4v) is 0.538. The van der Waals surface area contributed by atoms with E-state index in [2.05, 4.69) is 44.5 Å². The van der Waals surface area contributed by atoms with Crippen molar-refractivity contribution in [3.8, 4) is 0 Å². The molecule has 0 heterocycles. The van der Waals surface area contributed by atoms with Gasteiger partial charge in [-0.3, -0.25) is 0 Å². The van der Waals surface area contributed by atoms with Crippen LogP contribution in [0.4, 0.5) is 0 Å². The summed E-state index contributed by atoms with van der Waals surface area (Å²) in [6.07, 6.45) is 0. The molecular weight excluding hydrogens is 228 g/mol. The third kappa shape index (κ3) is 3.25. The van der Waals surface area contributed by atoms with Crippen molar-refractivity contribution >= 4 is 44.5 Å². The lowest BCUT2D eigenvalue weighted by atomic mass is 10.8. The molecule has 0 aliphatic heterocycles. The molecule has 0 aliphatic rings. The largest absolute Gasteiger partial charge is 0.174 e. The van der Waals surface area contributed by atoms with Gasteiger partial charge in [-0.15, -0.1) is 0 Å². The van der Waals surface area contributed by atoms with Gasteiger partial charge in [0, 0.05) is 10.2 Å². The third-order valence-corrected chi connectivity index (χ3v) is 2.72. The molecule has 0 bridgehead atoms. The van der Waals surface area contributed by atoms with E-state index in [1.54, 1.807) is 4.99 Å². The summed E-state index contributed by atoms with van der Waals surface area (Å²) in [4.78, 5) is 1.79. The lowest BCUT2D eigenvalue weighted by Crippen LogP contribution is -1.63. The highest BCUT2D eigenvalue weighted by atomic mass is 79.9. The molecule has 0 saturated carbocycles. The molecule has 0 atom stereocenters. The van der Waals surface area contributed by atoms with Gasteiger partial charge in [-0.2, -0.15) is 12.6 Å². The van der Waals surface area contributed by atoms with Crippen LogP contribution in [0.5, 0.6) is 0 Å². The van der Waals surface area contributed by atoms with E-state index in [1.807, 2.05) is 0 Å². The SMILES string of the molecule is SC/C(Br)=C/Br. The summed E-state index contributed by atoms with van der Waals surface area (Å²) in [5.41, 5.74) is 0. The monoisotopic (exact) mass is 230 g/mol. The summed E-state index contributed by atoms with van der Waals surface area (Å²) >= 11 is 10.3. The molecule has 3 heteroatoms. The van der Waals surface area contributed by atoms with Gasteiger partial charge in [-0.25, -0.2) is 0 Å². The molecule has 0 amide bonds. The van der Waals surface area contributed by atoms with Gasteiger partial charge in [0.15, 0.2) is 0 Å². The minimum atomic E-state index is 0.755. The zero-order valence-corrected chi connectivity index (χ0v) is 7.05. The van der Waals surface area contributed by atoms with Crippen LogP contribution in [-0.2, 0) is 0 Å². The first-order chi connectivity index (χ1) is 2.81. The second-order valence-corrected chi connectivity index (χ2v) is 2.51. The van der Waals surface area contributed by atoms with Crippen LogP contribution in [-0.4, -0.2) is 5.75 Å². The van der Waals surface area contributed by atoms with Crippen LogP contribution in [0.15, 0.2) is 9.47 Å². The van der Waals surface area contributed by atoms with E-state index in [4.69, 9.17) is 0 Å². The number of hydrogen-bond donors (Lipinski definition) is 1. The van der Waals surface area contributed by atoms with Crippen LogP contribution < -0.4 is 0 Å². The molecule has 36 valence electrons. The van der Waals surface area contributed by atoms with E-state index in [0.717, 1.165) is 10.2 Å². The van der Waals surface area contributed by atoms with Crippen molar-refractivity contribution in [3.05, 3.63) is 9.47 Å². The van der Waals surface area contributed by atoms with Gasteiger partial charge >= 0.3 is 0 Å². The lowest BCUT2D eigenvalue weighted by Gasteiger charge is -1.80. The van der Waals surface area contributed by atoms with Gasteiger partial charge < -0.3 is 0 Å². The van der Waals surface area contributed by atoms with Crippen molar-refractivity contribution in [1.82, 2.24) is 0 Å². The molecule has 0 aromatic rings. The van der Waals surface area contributed by atoms with Gasteiger partial charge in [0.1, 0.15) is 0 Å². The van der Waals surface area contributed by atoms with Gasteiger partial charge in [0.05, 0.1) is 0 Å². The fraction of sp³-hybridized carbons (Fsp3) is 0.333. The predicted octanol–water partition coefficient (Wildman–Crippen LogP) is 2.55. The van der Waals surface area contributed by atoms with E-state index in [0.29, 0.717) is 0 Å². The number of hydrogen-bond acceptors (Lipinski definition) is 1. The number of halogens is 2. The van der Waals surface area contributed by atoms with Gasteiger partial charge in [0.2, 0.25) is 0 Å². The van der Waals surface area contributed by atoms with Crippen molar-refractivity contribution in [2.45, 2.75) is 0 Å². The lowest BCUT2D eigenvalue weighted by molar-refractivity contribution is 1.79. The van der Waals surface area contributed by atoms with E-state index >= 15 is 0 Å². The molecule has 0 nitrogen and oxygen atoms in total. The van der Waals surface area contributed by atoms with Crippen LogP contribution >= 0.6 is 44.5 Å². The third-order valence-electron chi connectivity index (χ3n) is 0.269. The molecule has 0 rings (SSSR count). The summed E-state index contributed by atoms with van der Waals surface area (Å²) in [5.74, 6) is 0.755. The summed E-state index contributed by atoms with van der Waals surface area (Å²) in [5, 5.41) is 0. The van der Waals surface area contributed by atoms with Crippen molar-refractivity contribution < 1.29 is 0 Å². The standard InChI is InChI=1S/C3H4Br2S/c4-1-3(5)2-6/h1,6H,2H2/b3-1-. The molecule has 0 N–H and O–H groups in total. The Morgan fingerprint density at radius 3 is 2.33 bits per heavy atom. The zero-order chi connectivity index (χ0) is 4.99. The molecule has 0 radical (unpaired) electrons. The van der Waals surface area contributed by atoms with E-state index < -0.39 is 0 Å². The maximum atomic E-state index is 3.95. The molecule has 0 unspecified atom stereocenters. The quantitative estimate of drug-likeness (QED) is 0.659. The van der Waals surface area contributed by atoms with Crippen molar-refractivity contribution in [1.29, 1.82) is 0 Å². The van der Waals surface area contributed by atoms with Crippen LogP contribution in [0.3, 0.4) is 0 Å². The molecule has 0 spiro atoms. The van der Waals surface area contributed by atoms with Crippen LogP contribution in [0.25, 0.3) is 0 Å². The first-order valence-corrected chi connectivity index (χ1v) is 3.71. The van der Waals surface area contributed by atoms with E-state index in [9.17, 15) is 0 Å². The van der Waals surface area contributed by atoms with Gasteiger partial charge in [-0.1, -0.05) is 31.9 Å². The zero-order valence-electron chi connectivity index (χ0n) is 2.99. The Morgan fingerprint density at radius 2 is 2.33 bits per heavy atom. The highest BCUT2D eigenvalue weighted by Gasteiger charge is 1.78. The van der Waals surface area contributed by atoms with Gasteiger partial charge in [0.25, 0.3) is 0 Å². The maximum Gasteiger partial charge on any atom is 0.0225 e. The van der Waals surface area contributed by atoms with Crippen LogP contribution in [0, 0.1) is 0 Å². The molecule has 0 fully saturated rings. The molecule has 0 aromatic carbocycles. The summed E-state index contributed by atoms with van der Waals surface area (Å²) < 4.78 is 1.06. The Kier molecular flexibility index (Phi) is 4.95. The fourth-order valence-electron chi connectivity index (χ4n) is 0.0345. The summed E-state index contributed by atoms with van der Waals surface area (Å²) in [7, 11) is 0. The summed E-state index contributed by atoms with van der Waals surface area (Å²) in [6.45, 7) is 0. The van der Waals surface area contributed by atoms with Crippen molar-refractivity contribution in [2.24, 2.45) is 0 Å². The van der Waals surface area contributed by atoms with Crippen molar-refractivity contribution in [2.75, 3.05) is 5.75 Å². The number of thiol groups is 1. The minimum Gasteiger partial charge on any atom is -0.174 e. The average molecular weight is 232 g/mol.